The average Bonchev–Trinajstić information content (AvgIpc) is 2.48. The first-order chi connectivity index (χ1) is 9.60. The van der Waals surface area contributed by atoms with E-state index >= 15 is 0 Å². The predicted molar refractivity (Wildman–Crippen MR) is 71.9 cm³/mol. The molecular weight excluding hydrogens is 256 g/mol. The molecule has 2 aromatic rings. The number of aromatic nitrogens is 2. The Labute approximate surface area is 115 Å². The molecular formula is C14H12N4O2. The van der Waals surface area contributed by atoms with Crippen LogP contribution < -0.4 is 10.9 Å². The Hall–Kier alpha value is -2.94. The number of carbonyl (C=O) groups excluding carboxylic acids is 1. The summed E-state index contributed by atoms with van der Waals surface area (Å²) < 4.78 is 0. The van der Waals surface area contributed by atoms with Crippen molar-refractivity contribution in [2.75, 3.05) is 0 Å². The lowest BCUT2D eigenvalue weighted by Crippen LogP contribution is -2.28. The monoisotopic (exact) mass is 268 g/mol. The van der Waals surface area contributed by atoms with Crippen LogP contribution in [0.4, 0.5) is 0 Å². The first-order valence-corrected chi connectivity index (χ1v) is 5.97. The fourth-order valence-electron chi connectivity index (χ4n) is 1.67. The van der Waals surface area contributed by atoms with Crippen molar-refractivity contribution in [2.24, 2.45) is 0 Å². The smallest absolute Gasteiger partial charge is 0.272 e. The van der Waals surface area contributed by atoms with Gasteiger partial charge in [-0.1, -0.05) is 12.1 Å². The van der Waals surface area contributed by atoms with Crippen LogP contribution in [-0.2, 0) is 0 Å². The lowest BCUT2D eigenvalue weighted by molar-refractivity contribution is 0.0933. The number of aromatic amines is 1. The van der Waals surface area contributed by atoms with E-state index in [9.17, 15) is 9.59 Å². The second-order valence-corrected chi connectivity index (χ2v) is 4.24. The molecule has 1 aromatic carbocycles. The van der Waals surface area contributed by atoms with Crippen molar-refractivity contribution in [1.82, 2.24) is 15.5 Å². The van der Waals surface area contributed by atoms with Gasteiger partial charge in [-0.25, -0.2) is 5.10 Å². The number of amides is 1. The number of hydrogen-bond acceptors (Lipinski definition) is 4. The average molecular weight is 268 g/mol. The standard InChI is InChI=1S/C14H12N4O2/c1-9(11-4-2-10(8-15)3-5-11)16-14(20)12-6-7-13(19)18-17-12/h2-7,9H,1H3,(H,16,20)(H,18,19)/t9-/m0/s1. The van der Waals surface area contributed by atoms with Crippen molar-refractivity contribution in [3.05, 3.63) is 63.6 Å². The van der Waals surface area contributed by atoms with E-state index < -0.39 is 0 Å². The molecule has 6 heteroatoms. The Kier molecular flexibility index (Phi) is 3.91. The van der Waals surface area contributed by atoms with Gasteiger partial charge in [0.25, 0.3) is 11.5 Å². The number of H-pyrrole nitrogens is 1. The SMILES string of the molecule is C[C@H](NC(=O)c1ccc(=O)[nH]n1)c1ccc(C#N)cc1. The van der Waals surface area contributed by atoms with Crippen molar-refractivity contribution in [1.29, 1.82) is 5.26 Å². The van der Waals surface area contributed by atoms with Crippen LogP contribution >= 0.6 is 0 Å². The van der Waals surface area contributed by atoms with Gasteiger partial charge in [-0.05, 0) is 30.7 Å². The van der Waals surface area contributed by atoms with Gasteiger partial charge in [-0.15, -0.1) is 0 Å². The zero-order valence-electron chi connectivity index (χ0n) is 10.8. The number of rotatable bonds is 3. The van der Waals surface area contributed by atoms with Gasteiger partial charge in [0.05, 0.1) is 17.7 Å². The Morgan fingerprint density at radius 1 is 1.30 bits per heavy atom. The molecule has 0 spiro atoms. The van der Waals surface area contributed by atoms with Crippen LogP contribution in [0.5, 0.6) is 0 Å². The third-order valence-electron chi connectivity index (χ3n) is 2.80. The molecule has 0 unspecified atom stereocenters. The number of nitrogens with zero attached hydrogens (tertiary/aromatic N) is 2. The molecule has 0 saturated carbocycles. The summed E-state index contributed by atoms with van der Waals surface area (Å²) in [7, 11) is 0. The van der Waals surface area contributed by atoms with Crippen molar-refractivity contribution < 1.29 is 4.79 Å². The van der Waals surface area contributed by atoms with Gasteiger partial charge >= 0.3 is 0 Å². The number of carbonyl (C=O) groups is 1. The van der Waals surface area contributed by atoms with Gasteiger partial charge in [0.1, 0.15) is 5.69 Å². The fourth-order valence-corrected chi connectivity index (χ4v) is 1.67. The van der Waals surface area contributed by atoms with Crippen LogP contribution in [-0.4, -0.2) is 16.1 Å². The van der Waals surface area contributed by atoms with Crippen LogP contribution in [0.1, 0.15) is 34.6 Å². The molecule has 6 nitrogen and oxygen atoms in total. The predicted octanol–water partition coefficient (Wildman–Crippen LogP) is 1.13. The van der Waals surface area contributed by atoms with Crippen LogP contribution in [0, 0.1) is 11.3 Å². The first kappa shape index (κ1) is 13.5. The van der Waals surface area contributed by atoms with Gasteiger partial charge in [0.2, 0.25) is 0 Å². The van der Waals surface area contributed by atoms with Gasteiger partial charge < -0.3 is 5.32 Å². The van der Waals surface area contributed by atoms with Gasteiger partial charge in [0.15, 0.2) is 0 Å². The summed E-state index contributed by atoms with van der Waals surface area (Å²) >= 11 is 0. The lowest BCUT2D eigenvalue weighted by atomic mass is 10.1. The minimum atomic E-state index is -0.377. The van der Waals surface area contributed by atoms with E-state index in [1.807, 2.05) is 13.0 Å². The molecule has 0 radical (unpaired) electrons. The van der Waals surface area contributed by atoms with E-state index in [4.69, 9.17) is 5.26 Å². The van der Waals surface area contributed by atoms with E-state index in [1.54, 1.807) is 24.3 Å². The molecule has 0 aliphatic rings. The number of nitrogens with one attached hydrogen (secondary N) is 2. The zero-order chi connectivity index (χ0) is 14.5. The Bertz CT molecular complexity index is 693. The first-order valence-electron chi connectivity index (χ1n) is 5.97. The summed E-state index contributed by atoms with van der Waals surface area (Å²) in [5.41, 5.74) is 1.23. The molecule has 0 saturated heterocycles. The molecule has 1 atom stereocenters. The fraction of sp³-hybridized carbons (Fsp3) is 0.143. The maximum Gasteiger partial charge on any atom is 0.272 e. The van der Waals surface area contributed by atoms with Gasteiger partial charge in [-0.2, -0.15) is 10.4 Å². The minimum absolute atomic E-state index is 0.144. The van der Waals surface area contributed by atoms with E-state index in [0.29, 0.717) is 5.56 Å². The molecule has 1 aromatic heterocycles. The van der Waals surface area contributed by atoms with Crippen molar-refractivity contribution >= 4 is 5.91 Å². The second-order valence-electron chi connectivity index (χ2n) is 4.24. The number of benzene rings is 1. The van der Waals surface area contributed by atoms with Crippen molar-refractivity contribution in [3.8, 4) is 6.07 Å². The Balaban J connectivity index is 2.08. The summed E-state index contributed by atoms with van der Waals surface area (Å²) in [6.07, 6.45) is 0. The van der Waals surface area contributed by atoms with Crippen molar-refractivity contribution in [3.63, 3.8) is 0 Å². The minimum Gasteiger partial charge on any atom is -0.344 e. The van der Waals surface area contributed by atoms with Crippen LogP contribution in [0.3, 0.4) is 0 Å². The van der Waals surface area contributed by atoms with Gasteiger partial charge in [-0.3, -0.25) is 9.59 Å². The van der Waals surface area contributed by atoms with E-state index in [0.717, 1.165) is 5.56 Å². The van der Waals surface area contributed by atoms with Crippen LogP contribution in [0.2, 0.25) is 0 Å². The van der Waals surface area contributed by atoms with E-state index in [-0.39, 0.29) is 23.2 Å². The third kappa shape index (κ3) is 3.09. The topological polar surface area (TPSA) is 98.6 Å². The molecule has 0 aliphatic heterocycles. The number of nitriles is 1. The normalized spacial score (nSPS) is 11.4. The van der Waals surface area contributed by atoms with E-state index in [1.165, 1.54) is 12.1 Å². The second kappa shape index (κ2) is 5.80. The largest absolute Gasteiger partial charge is 0.344 e. The molecule has 0 aliphatic carbocycles. The molecule has 1 amide bonds. The van der Waals surface area contributed by atoms with Crippen LogP contribution in [0.15, 0.2) is 41.2 Å². The molecule has 20 heavy (non-hydrogen) atoms. The summed E-state index contributed by atoms with van der Waals surface area (Å²) in [5.74, 6) is -0.377. The molecule has 1 heterocycles. The quantitative estimate of drug-likeness (QED) is 0.871. The molecule has 100 valence electrons. The summed E-state index contributed by atoms with van der Waals surface area (Å²) in [6, 6.07) is 11.4. The number of hydrogen-bond donors (Lipinski definition) is 2. The van der Waals surface area contributed by atoms with Crippen LogP contribution in [0.25, 0.3) is 0 Å². The maximum atomic E-state index is 11.9. The lowest BCUT2D eigenvalue weighted by Gasteiger charge is -2.13. The maximum absolute atomic E-state index is 11.9. The molecule has 2 N–H and O–H groups in total. The molecule has 0 fully saturated rings. The van der Waals surface area contributed by atoms with E-state index in [2.05, 4.69) is 15.5 Å². The highest BCUT2D eigenvalue weighted by atomic mass is 16.2. The third-order valence-corrected chi connectivity index (χ3v) is 2.80. The zero-order valence-corrected chi connectivity index (χ0v) is 10.8. The highest BCUT2D eigenvalue weighted by Crippen LogP contribution is 2.13. The molecule has 0 bridgehead atoms. The Morgan fingerprint density at radius 3 is 2.55 bits per heavy atom. The van der Waals surface area contributed by atoms with Gasteiger partial charge in [0, 0.05) is 6.07 Å². The summed E-state index contributed by atoms with van der Waals surface area (Å²) in [4.78, 5) is 22.8. The van der Waals surface area contributed by atoms with Crippen molar-refractivity contribution in [2.45, 2.75) is 13.0 Å². The molecule has 2 rings (SSSR count). The Morgan fingerprint density at radius 2 is 2.00 bits per heavy atom. The highest BCUT2D eigenvalue weighted by Gasteiger charge is 2.12. The summed E-state index contributed by atoms with van der Waals surface area (Å²) in [6.45, 7) is 1.82. The summed E-state index contributed by atoms with van der Waals surface area (Å²) in [5, 5.41) is 17.4. The highest BCUT2D eigenvalue weighted by molar-refractivity contribution is 5.92.